The molecule has 22 heavy (non-hydrogen) atoms. The van der Waals surface area contributed by atoms with Gasteiger partial charge in [-0.15, -0.1) is 0 Å². The van der Waals surface area contributed by atoms with E-state index in [-0.39, 0.29) is 13.0 Å². The van der Waals surface area contributed by atoms with Gasteiger partial charge >= 0.3 is 12.1 Å². The molecule has 8 heteroatoms. The molecule has 4 nitrogen and oxygen atoms in total. The Labute approximate surface area is 133 Å². The van der Waals surface area contributed by atoms with Crippen LogP contribution in [-0.2, 0) is 24.1 Å². The molecule has 0 fully saturated rings. The summed E-state index contributed by atoms with van der Waals surface area (Å²) in [5.74, 6) is -0.450. The zero-order valence-electron chi connectivity index (χ0n) is 11.5. The number of rotatable bonds is 3. The van der Waals surface area contributed by atoms with Crippen molar-refractivity contribution in [2.75, 3.05) is 19.8 Å². The van der Waals surface area contributed by atoms with Crippen molar-refractivity contribution in [2.45, 2.75) is 25.4 Å². The monoisotopic (exact) mass is 379 g/mol. The number of fused-ring (bicyclic) bond motifs is 2. The highest BCUT2D eigenvalue weighted by Gasteiger charge is 2.38. The molecule has 1 N–H and O–H groups in total. The molecular formula is C14H13BrF3NO3. The molecule has 1 aromatic carbocycles. The first kappa shape index (κ1) is 15.5. The Kier molecular flexibility index (Phi) is 3.96. The summed E-state index contributed by atoms with van der Waals surface area (Å²) in [5, 5.41) is 1.90. The standard InChI is InChI=1S/C14H13BrF3NO3/c15-10-9-3-6-21-11(9)7(8-2-5-22-12(8)10)1-4-19-13(20)14(16,17)18/h1-6H2,(H,19,20). The van der Waals surface area contributed by atoms with E-state index in [9.17, 15) is 18.0 Å². The number of benzene rings is 1. The van der Waals surface area contributed by atoms with Crippen LogP contribution in [0.4, 0.5) is 13.2 Å². The lowest BCUT2D eigenvalue weighted by Gasteiger charge is -2.15. The minimum absolute atomic E-state index is 0.0950. The van der Waals surface area contributed by atoms with Crippen molar-refractivity contribution < 1.29 is 27.4 Å². The highest BCUT2D eigenvalue weighted by atomic mass is 79.9. The van der Waals surface area contributed by atoms with E-state index in [2.05, 4.69) is 15.9 Å². The largest absolute Gasteiger partial charge is 0.493 e. The fourth-order valence-electron chi connectivity index (χ4n) is 2.81. The van der Waals surface area contributed by atoms with Gasteiger partial charge in [0.2, 0.25) is 0 Å². The van der Waals surface area contributed by atoms with Crippen LogP contribution < -0.4 is 14.8 Å². The number of ether oxygens (including phenoxy) is 2. The van der Waals surface area contributed by atoms with Crippen LogP contribution in [0.25, 0.3) is 0 Å². The fourth-order valence-corrected chi connectivity index (χ4v) is 3.55. The first-order valence-corrected chi connectivity index (χ1v) is 7.65. The summed E-state index contributed by atoms with van der Waals surface area (Å²) in [7, 11) is 0. The molecule has 120 valence electrons. The van der Waals surface area contributed by atoms with Crippen molar-refractivity contribution in [1.29, 1.82) is 0 Å². The maximum absolute atomic E-state index is 12.2. The SMILES string of the molecule is O=C(NCCc1c2c(c(Br)c3c1OCC3)OCC2)C(F)(F)F. The van der Waals surface area contributed by atoms with Crippen LogP contribution >= 0.6 is 15.9 Å². The van der Waals surface area contributed by atoms with Gasteiger partial charge in [-0.25, -0.2) is 0 Å². The molecule has 0 spiro atoms. The minimum Gasteiger partial charge on any atom is -0.493 e. The van der Waals surface area contributed by atoms with E-state index in [1.807, 2.05) is 5.32 Å². The van der Waals surface area contributed by atoms with Gasteiger partial charge in [-0.05, 0) is 22.4 Å². The molecule has 2 aliphatic heterocycles. The molecular weight excluding hydrogens is 367 g/mol. The highest BCUT2D eigenvalue weighted by Crippen LogP contribution is 2.47. The quantitative estimate of drug-likeness (QED) is 0.877. The van der Waals surface area contributed by atoms with Crippen molar-refractivity contribution in [3.05, 3.63) is 21.2 Å². The van der Waals surface area contributed by atoms with E-state index in [1.165, 1.54) is 0 Å². The molecule has 1 amide bonds. The number of nitrogens with one attached hydrogen (secondary N) is 1. The van der Waals surface area contributed by atoms with Crippen LogP contribution in [0.2, 0.25) is 0 Å². The Balaban J connectivity index is 1.81. The molecule has 1 aromatic rings. The van der Waals surface area contributed by atoms with Crippen LogP contribution in [-0.4, -0.2) is 31.8 Å². The van der Waals surface area contributed by atoms with Gasteiger partial charge in [0.1, 0.15) is 11.5 Å². The molecule has 2 aliphatic rings. The molecule has 0 aromatic heterocycles. The van der Waals surface area contributed by atoms with E-state index in [1.54, 1.807) is 0 Å². The fraction of sp³-hybridized carbons (Fsp3) is 0.500. The lowest BCUT2D eigenvalue weighted by Crippen LogP contribution is -2.37. The third kappa shape index (κ3) is 2.64. The Morgan fingerprint density at radius 2 is 1.77 bits per heavy atom. The van der Waals surface area contributed by atoms with Crippen LogP contribution in [0.1, 0.15) is 16.7 Å². The summed E-state index contributed by atoms with van der Waals surface area (Å²) in [4.78, 5) is 10.9. The smallest absolute Gasteiger partial charge is 0.471 e. The van der Waals surface area contributed by atoms with Crippen molar-refractivity contribution in [3.8, 4) is 11.5 Å². The lowest BCUT2D eigenvalue weighted by molar-refractivity contribution is -0.173. The normalized spacial score (nSPS) is 15.8. The number of halogens is 4. The minimum atomic E-state index is -4.86. The molecule has 0 saturated carbocycles. The maximum atomic E-state index is 12.2. The summed E-state index contributed by atoms with van der Waals surface area (Å²) in [6.07, 6.45) is -3.16. The van der Waals surface area contributed by atoms with Gasteiger partial charge in [-0.1, -0.05) is 0 Å². The van der Waals surface area contributed by atoms with Gasteiger partial charge in [0.15, 0.2) is 0 Å². The Morgan fingerprint density at radius 1 is 1.14 bits per heavy atom. The molecule has 0 radical (unpaired) electrons. The maximum Gasteiger partial charge on any atom is 0.471 e. The second-order valence-corrected chi connectivity index (χ2v) is 5.90. The number of alkyl halides is 3. The molecule has 0 bridgehead atoms. The molecule has 0 aliphatic carbocycles. The van der Waals surface area contributed by atoms with Crippen LogP contribution in [0.5, 0.6) is 11.5 Å². The number of hydrogen-bond donors (Lipinski definition) is 1. The molecule has 3 rings (SSSR count). The van der Waals surface area contributed by atoms with Gasteiger partial charge in [-0.3, -0.25) is 4.79 Å². The van der Waals surface area contributed by atoms with E-state index in [0.717, 1.165) is 39.1 Å². The summed E-state index contributed by atoms with van der Waals surface area (Å²) in [6, 6.07) is 0. The van der Waals surface area contributed by atoms with Crippen LogP contribution in [0.3, 0.4) is 0 Å². The van der Waals surface area contributed by atoms with Gasteiger partial charge in [-0.2, -0.15) is 13.2 Å². The van der Waals surface area contributed by atoms with Crippen molar-refractivity contribution in [2.24, 2.45) is 0 Å². The van der Waals surface area contributed by atoms with Crippen molar-refractivity contribution >= 4 is 21.8 Å². The van der Waals surface area contributed by atoms with E-state index >= 15 is 0 Å². The molecule has 0 atom stereocenters. The number of amides is 1. The van der Waals surface area contributed by atoms with Crippen molar-refractivity contribution in [1.82, 2.24) is 5.32 Å². The number of hydrogen-bond acceptors (Lipinski definition) is 3. The van der Waals surface area contributed by atoms with E-state index < -0.39 is 12.1 Å². The summed E-state index contributed by atoms with van der Waals surface area (Å²) in [6.45, 7) is 0.986. The Bertz CT molecular complexity index is 596. The average molecular weight is 380 g/mol. The third-order valence-electron chi connectivity index (χ3n) is 3.77. The second kappa shape index (κ2) is 5.64. The predicted molar refractivity (Wildman–Crippen MR) is 75.3 cm³/mol. The highest BCUT2D eigenvalue weighted by molar-refractivity contribution is 9.10. The second-order valence-electron chi connectivity index (χ2n) is 5.11. The third-order valence-corrected chi connectivity index (χ3v) is 4.60. The molecule has 0 unspecified atom stereocenters. The van der Waals surface area contributed by atoms with Gasteiger partial charge in [0, 0.05) is 36.1 Å². The summed E-state index contributed by atoms with van der Waals surface area (Å²) in [5.41, 5.74) is 2.78. The topological polar surface area (TPSA) is 47.6 Å². The van der Waals surface area contributed by atoms with E-state index in [4.69, 9.17) is 9.47 Å². The van der Waals surface area contributed by atoms with Gasteiger partial charge < -0.3 is 14.8 Å². The molecule has 0 saturated heterocycles. The average Bonchev–Trinajstić information content (AvgIpc) is 3.10. The molecule has 2 heterocycles. The van der Waals surface area contributed by atoms with Crippen LogP contribution in [0, 0.1) is 0 Å². The van der Waals surface area contributed by atoms with Gasteiger partial charge in [0.05, 0.1) is 17.7 Å². The summed E-state index contributed by atoms with van der Waals surface area (Å²) < 4.78 is 48.7. The Morgan fingerprint density at radius 3 is 2.45 bits per heavy atom. The summed E-state index contributed by atoms with van der Waals surface area (Å²) >= 11 is 3.51. The zero-order chi connectivity index (χ0) is 15.9. The predicted octanol–water partition coefficient (Wildman–Crippen LogP) is 2.54. The first-order chi connectivity index (χ1) is 10.4. The number of carbonyl (C=O) groups is 1. The zero-order valence-corrected chi connectivity index (χ0v) is 13.1. The van der Waals surface area contributed by atoms with Crippen molar-refractivity contribution in [3.63, 3.8) is 0 Å². The Hall–Kier alpha value is -1.44. The van der Waals surface area contributed by atoms with Crippen LogP contribution in [0.15, 0.2) is 4.47 Å². The first-order valence-electron chi connectivity index (χ1n) is 6.86. The lowest BCUT2D eigenvalue weighted by atomic mass is 9.97. The number of carbonyl (C=O) groups excluding carboxylic acids is 1. The van der Waals surface area contributed by atoms with E-state index in [0.29, 0.717) is 19.6 Å². The van der Waals surface area contributed by atoms with Gasteiger partial charge in [0.25, 0.3) is 0 Å².